The zero-order chi connectivity index (χ0) is 25.5. The number of fused-ring (bicyclic) bond motifs is 1. The Balaban J connectivity index is 1.71. The summed E-state index contributed by atoms with van der Waals surface area (Å²) in [5, 5.41) is 18.3. The molecule has 0 saturated carbocycles. The average Bonchev–Trinajstić information content (AvgIpc) is 3.06. The van der Waals surface area contributed by atoms with Crippen molar-refractivity contribution in [1.29, 1.82) is 5.26 Å². The normalized spacial score (nSPS) is 12.0. The Morgan fingerprint density at radius 3 is 2.77 bits per heavy atom. The second-order valence-electron chi connectivity index (χ2n) is 8.67. The highest BCUT2D eigenvalue weighted by molar-refractivity contribution is 6.31. The van der Waals surface area contributed by atoms with E-state index in [2.05, 4.69) is 11.1 Å². The van der Waals surface area contributed by atoms with Crippen LogP contribution < -0.4 is 0 Å². The summed E-state index contributed by atoms with van der Waals surface area (Å²) in [7, 11) is 1.73. The van der Waals surface area contributed by atoms with Crippen molar-refractivity contribution in [2.45, 2.75) is 45.6 Å². The largest absolute Gasteiger partial charge is 0.481 e. The summed E-state index contributed by atoms with van der Waals surface area (Å²) >= 11 is 5.96. The predicted molar refractivity (Wildman–Crippen MR) is 130 cm³/mol. The molecule has 0 radical (unpaired) electrons. The Hall–Kier alpha value is -3.28. The number of unbranched alkanes of at least 4 members (excludes halogenated alkanes) is 1. The Morgan fingerprint density at radius 2 is 2.06 bits per heavy atom. The van der Waals surface area contributed by atoms with Crippen molar-refractivity contribution < 1.29 is 23.8 Å². The zero-order valence-electron chi connectivity index (χ0n) is 19.7. The van der Waals surface area contributed by atoms with Gasteiger partial charge in [0.2, 0.25) is 5.95 Å². The summed E-state index contributed by atoms with van der Waals surface area (Å²) in [5.74, 6) is -2.33. The van der Waals surface area contributed by atoms with E-state index in [0.717, 1.165) is 12.0 Å². The second-order valence-corrected chi connectivity index (χ2v) is 9.07. The number of ether oxygens (including phenoxy) is 1. The molecule has 0 saturated heterocycles. The molecular formula is C26H27ClFN3O4. The first-order valence-corrected chi connectivity index (χ1v) is 11.7. The Morgan fingerprint density at radius 1 is 1.29 bits per heavy atom. The van der Waals surface area contributed by atoms with Crippen molar-refractivity contribution >= 4 is 34.4 Å². The number of aromatic nitrogens is 2. The monoisotopic (exact) mass is 499 g/mol. The number of nitriles is 1. The number of aryl methyl sites for hydroxylation is 1. The van der Waals surface area contributed by atoms with Gasteiger partial charge in [-0.2, -0.15) is 9.65 Å². The molecule has 1 atom stereocenters. The van der Waals surface area contributed by atoms with Crippen molar-refractivity contribution in [2.24, 2.45) is 13.0 Å². The van der Waals surface area contributed by atoms with Gasteiger partial charge >= 0.3 is 5.97 Å². The molecule has 0 amide bonds. The van der Waals surface area contributed by atoms with Crippen LogP contribution in [0.3, 0.4) is 0 Å². The summed E-state index contributed by atoms with van der Waals surface area (Å²) in [4.78, 5) is 28.2. The zero-order valence-corrected chi connectivity index (χ0v) is 20.4. The Kier molecular flexibility index (Phi) is 8.96. The summed E-state index contributed by atoms with van der Waals surface area (Å²) < 4.78 is 21.5. The van der Waals surface area contributed by atoms with Gasteiger partial charge in [-0.1, -0.05) is 30.7 Å². The highest BCUT2D eigenvalue weighted by atomic mass is 35.5. The van der Waals surface area contributed by atoms with Crippen LogP contribution in [-0.4, -0.2) is 33.0 Å². The molecule has 2 aromatic heterocycles. The van der Waals surface area contributed by atoms with Crippen molar-refractivity contribution in [3.05, 3.63) is 63.7 Å². The van der Waals surface area contributed by atoms with E-state index in [-0.39, 0.29) is 29.6 Å². The molecule has 1 aromatic carbocycles. The van der Waals surface area contributed by atoms with Gasteiger partial charge in [0.05, 0.1) is 23.3 Å². The van der Waals surface area contributed by atoms with Crippen LogP contribution in [0.1, 0.15) is 59.8 Å². The minimum atomic E-state index is -0.963. The number of aliphatic carboxylic acids is 1. The van der Waals surface area contributed by atoms with Gasteiger partial charge < -0.3 is 14.4 Å². The van der Waals surface area contributed by atoms with E-state index in [0.29, 0.717) is 53.9 Å². The highest BCUT2D eigenvalue weighted by Crippen LogP contribution is 2.31. The molecule has 1 N–H and O–H groups in total. The number of carboxylic acid groups (broad SMARTS) is 1. The van der Waals surface area contributed by atoms with Gasteiger partial charge in [0, 0.05) is 43.1 Å². The highest BCUT2D eigenvalue weighted by Gasteiger charge is 2.25. The topological polar surface area (TPSA) is 105 Å². The molecule has 3 aromatic rings. The molecule has 0 bridgehead atoms. The van der Waals surface area contributed by atoms with Crippen LogP contribution in [-0.2, 0) is 29.6 Å². The standard InChI is InChI=1S/C26H27ClFN3O4/c1-16(11-23(33)34)10-22(32)24-19-13-20(27)25(28)30-26(19)31(2)21(24)8-3-4-9-35-15-18-7-5-6-17(12-18)14-29/h5-7,12-13,16H,3-4,8-11,15H2,1-2H3,(H,33,34)/t16-/m0/s1. The van der Waals surface area contributed by atoms with Gasteiger partial charge in [-0.15, -0.1) is 0 Å². The van der Waals surface area contributed by atoms with Crippen LogP contribution in [0.25, 0.3) is 11.0 Å². The number of hydrogen-bond acceptors (Lipinski definition) is 5. The van der Waals surface area contributed by atoms with Gasteiger partial charge in [-0.3, -0.25) is 9.59 Å². The number of ketones is 1. The first-order chi connectivity index (χ1) is 16.7. The lowest BCUT2D eigenvalue weighted by atomic mass is 9.94. The summed E-state index contributed by atoms with van der Waals surface area (Å²) in [5.41, 5.74) is 2.96. The van der Waals surface area contributed by atoms with Crippen LogP contribution in [0.5, 0.6) is 0 Å². The number of carbonyl (C=O) groups excluding carboxylic acids is 1. The van der Waals surface area contributed by atoms with Gasteiger partial charge in [0.25, 0.3) is 0 Å². The lowest BCUT2D eigenvalue weighted by Gasteiger charge is -2.11. The van der Waals surface area contributed by atoms with E-state index in [9.17, 15) is 14.0 Å². The van der Waals surface area contributed by atoms with Crippen LogP contribution in [0.4, 0.5) is 4.39 Å². The smallest absolute Gasteiger partial charge is 0.303 e. The molecule has 0 aliphatic heterocycles. The van der Waals surface area contributed by atoms with Gasteiger partial charge in [-0.25, -0.2) is 4.98 Å². The van der Waals surface area contributed by atoms with Crippen LogP contribution in [0, 0.1) is 23.2 Å². The number of nitrogens with zero attached hydrogens (tertiary/aromatic N) is 3. The Bertz CT molecular complexity index is 1280. The lowest BCUT2D eigenvalue weighted by molar-refractivity contribution is -0.137. The van der Waals surface area contributed by atoms with E-state index in [1.165, 1.54) is 6.07 Å². The number of halogens is 2. The third-order valence-corrected chi connectivity index (χ3v) is 6.07. The first-order valence-electron chi connectivity index (χ1n) is 11.4. The van der Waals surface area contributed by atoms with Crippen molar-refractivity contribution in [3.8, 4) is 6.07 Å². The average molecular weight is 500 g/mol. The molecule has 0 aliphatic rings. The maximum Gasteiger partial charge on any atom is 0.303 e. The van der Waals surface area contributed by atoms with Gasteiger partial charge in [0.15, 0.2) is 5.78 Å². The number of Topliss-reactive ketones (excluding diaryl/α,β-unsaturated/α-hetero) is 1. The van der Waals surface area contributed by atoms with E-state index < -0.39 is 11.9 Å². The van der Waals surface area contributed by atoms with Crippen LogP contribution >= 0.6 is 11.6 Å². The number of hydrogen-bond donors (Lipinski definition) is 1. The lowest BCUT2D eigenvalue weighted by Crippen LogP contribution is -2.12. The fourth-order valence-electron chi connectivity index (χ4n) is 4.16. The van der Waals surface area contributed by atoms with Gasteiger partial charge in [-0.05, 0) is 48.9 Å². The quantitative estimate of drug-likeness (QED) is 0.201. The van der Waals surface area contributed by atoms with Crippen molar-refractivity contribution in [1.82, 2.24) is 9.55 Å². The molecule has 2 heterocycles. The molecule has 0 aliphatic carbocycles. The molecule has 184 valence electrons. The molecule has 0 unspecified atom stereocenters. The maximum absolute atomic E-state index is 14.1. The van der Waals surface area contributed by atoms with Crippen molar-refractivity contribution in [3.63, 3.8) is 0 Å². The second kappa shape index (κ2) is 11.9. The number of benzene rings is 1. The van der Waals surface area contributed by atoms with Crippen LogP contribution in [0.15, 0.2) is 30.3 Å². The van der Waals surface area contributed by atoms with Crippen LogP contribution in [0.2, 0.25) is 5.02 Å². The first kappa shape index (κ1) is 26.3. The predicted octanol–water partition coefficient (Wildman–Crippen LogP) is 5.46. The molecule has 0 spiro atoms. The Labute approximate surface area is 208 Å². The van der Waals surface area contributed by atoms with Gasteiger partial charge in [0.1, 0.15) is 5.65 Å². The van der Waals surface area contributed by atoms with E-state index in [1.807, 2.05) is 12.1 Å². The van der Waals surface area contributed by atoms with Crippen molar-refractivity contribution in [2.75, 3.05) is 6.61 Å². The molecule has 9 heteroatoms. The number of pyridine rings is 1. The molecule has 3 rings (SSSR count). The maximum atomic E-state index is 14.1. The summed E-state index contributed by atoms with van der Waals surface area (Å²) in [6.07, 6.45) is 1.91. The number of carbonyl (C=O) groups is 2. The van der Waals surface area contributed by atoms with E-state index in [1.54, 1.807) is 30.7 Å². The van der Waals surface area contributed by atoms with E-state index in [4.69, 9.17) is 26.7 Å². The minimum Gasteiger partial charge on any atom is -0.481 e. The molecule has 7 nitrogen and oxygen atoms in total. The third-order valence-electron chi connectivity index (χ3n) is 5.81. The van der Waals surface area contributed by atoms with E-state index >= 15 is 0 Å². The molecule has 35 heavy (non-hydrogen) atoms. The summed E-state index contributed by atoms with van der Waals surface area (Å²) in [6.45, 7) is 2.61. The molecular weight excluding hydrogens is 473 g/mol. The third kappa shape index (κ3) is 6.65. The minimum absolute atomic E-state index is 0.0539. The number of rotatable bonds is 12. The molecule has 0 fully saturated rings. The summed E-state index contributed by atoms with van der Waals surface area (Å²) in [6, 6.07) is 10.8. The fourth-order valence-corrected chi connectivity index (χ4v) is 4.31. The fraction of sp³-hybridized carbons (Fsp3) is 0.385. The number of carboxylic acids is 1. The SMILES string of the molecule is C[C@H](CC(=O)O)CC(=O)c1c(CCCCOCc2cccc(C#N)c2)n(C)c2nc(F)c(Cl)cc12.